The molecule has 0 saturated heterocycles. The molecule has 1 aromatic rings. The Balaban J connectivity index is 2.97. The molecule has 0 aromatic heterocycles. The van der Waals surface area contributed by atoms with Crippen molar-refractivity contribution >= 4 is 27.5 Å². The average Bonchev–Trinajstić information content (AvgIpc) is 2.28. The number of rotatable bonds is 6. The van der Waals surface area contributed by atoms with Crippen molar-refractivity contribution in [2.24, 2.45) is 0 Å². The molecule has 0 aliphatic carbocycles. The molecule has 1 rings (SSSR count). The maximum absolute atomic E-state index is 13.3. The minimum Gasteiger partial charge on any atom is -0.258 e. The number of hydrogen-bond acceptors (Lipinski definition) is 5. The smallest absolute Gasteiger partial charge is 0.258 e. The number of nitro benzene ring substituents is 1. The first-order valence-corrected chi connectivity index (χ1v) is 7.68. The van der Waals surface area contributed by atoms with Crippen LogP contribution >= 0.6 is 11.8 Å². The predicted molar refractivity (Wildman–Crippen MR) is 66.6 cm³/mol. The van der Waals surface area contributed by atoms with Crippen LogP contribution in [0.5, 0.6) is 0 Å². The third kappa shape index (κ3) is 3.65. The molecular weight excluding hydrogens is 283 g/mol. The first-order valence-electron chi connectivity index (χ1n) is 4.81. The van der Waals surface area contributed by atoms with Crippen molar-refractivity contribution in [2.75, 3.05) is 18.6 Å². The van der Waals surface area contributed by atoms with Gasteiger partial charge in [-0.2, -0.15) is 16.2 Å². The molecule has 0 heterocycles. The zero-order valence-electron chi connectivity index (χ0n) is 9.42. The lowest BCUT2D eigenvalue weighted by atomic mass is 10.3. The van der Waals surface area contributed by atoms with E-state index in [-0.39, 0.29) is 11.4 Å². The highest BCUT2D eigenvalue weighted by Gasteiger charge is 2.20. The van der Waals surface area contributed by atoms with E-state index in [2.05, 4.69) is 4.72 Å². The number of halogens is 1. The Morgan fingerprint density at radius 3 is 2.67 bits per heavy atom. The maximum atomic E-state index is 13.3. The summed E-state index contributed by atoms with van der Waals surface area (Å²) in [5, 5.41) is 10.4. The molecule has 0 aliphatic heterocycles. The number of nitrogens with zero attached hydrogens (tertiary/aromatic N) is 1. The van der Waals surface area contributed by atoms with Gasteiger partial charge in [0.15, 0.2) is 0 Å². The maximum Gasteiger partial charge on any atom is 0.304 e. The Morgan fingerprint density at radius 2 is 2.17 bits per heavy atom. The molecule has 0 aliphatic rings. The summed E-state index contributed by atoms with van der Waals surface area (Å²) in [5.74, 6) is -0.595. The highest BCUT2D eigenvalue weighted by Crippen LogP contribution is 2.20. The molecule has 18 heavy (non-hydrogen) atoms. The van der Waals surface area contributed by atoms with Crippen molar-refractivity contribution in [3.63, 3.8) is 0 Å². The van der Waals surface area contributed by atoms with Gasteiger partial charge in [-0.15, -0.1) is 0 Å². The summed E-state index contributed by atoms with van der Waals surface area (Å²) in [6, 6.07) is 2.47. The van der Waals surface area contributed by atoms with E-state index in [4.69, 9.17) is 0 Å². The molecule has 9 heteroatoms. The number of sulfonamides is 1. The summed E-state index contributed by atoms with van der Waals surface area (Å²) in [5.41, 5.74) is -0.752. The van der Waals surface area contributed by atoms with Gasteiger partial charge in [0.25, 0.3) is 0 Å². The Bertz CT molecular complexity index is 547. The molecule has 6 nitrogen and oxygen atoms in total. The number of nitro groups is 1. The highest BCUT2D eigenvalue weighted by molar-refractivity contribution is 7.98. The summed E-state index contributed by atoms with van der Waals surface area (Å²) in [4.78, 5) is 9.15. The fourth-order valence-corrected chi connectivity index (χ4v) is 2.64. The SMILES string of the molecule is CSCCNS(=O)(=O)c1ccc([N+](=O)[O-])c(F)c1. The fraction of sp³-hybridized carbons (Fsp3) is 0.333. The largest absolute Gasteiger partial charge is 0.304 e. The fourth-order valence-electron chi connectivity index (χ4n) is 1.16. The first-order chi connectivity index (χ1) is 8.38. The van der Waals surface area contributed by atoms with Crippen LogP contribution in [0.15, 0.2) is 23.1 Å². The summed E-state index contributed by atoms with van der Waals surface area (Å²) in [6.07, 6.45) is 1.82. The monoisotopic (exact) mass is 294 g/mol. The summed E-state index contributed by atoms with van der Waals surface area (Å²) >= 11 is 1.46. The lowest BCUT2D eigenvalue weighted by molar-refractivity contribution is -0.387. The molecule has 0 amide bonds. The predicted octanol–water partition coefficient (Wildman–Crippen LogP) is 1.38. The van der Waals surface area contributed by atoms with Gasteiger partial charge in [-0.3, -0.25) is 10.1 Å². The third-order valence-corrected chi connectivity index (χ3v) is 4.10. The van der Waals surface area contributed by atoms with Crippen molar-refractivity contribution < 1.29 is 17.7 Å². The average molecular weight is 294 g/mol. The Kier molecular flexibility index (Phi) is 5.05. The Hall–Kier alpha value is -1.19. The minimum atomic E-state index is -3.82. The van der Waals surface area contributed by atoms with E-state index in [9.17, 15) is 22.9 Å². The molecule has 0 saturated carbocycles. The molecule has 0 spiro atoms. The number of thioether (sulfide) groups is 1. The number of benzene rings is 1. The van der Waals surface area contributed by atoms with Crippen LogP contribution in [0.25, 0.3) is 0 Å². The van der Waals surface area contributed by atoms with Crippen molar-refractivity contribution in [2.45, 2.75) is 4.90 Å². The summed E-state index contributed by atoms with van der Waals surface area (Å²) in [6.45, 7) is 0.210. The van der Waals surface area contributed by atoms with E-state index >= 15 is 0 Å². The van der Waals surface area contributed by atoms with Crippen molar-refractivity contribution in [1.82, 2.24) is 4.72 Å². The van der Waals surface area contributed by atoms with E-state index in [0.29, 0.717) is 11.8 Å². The van der Waals surface area contributed by atoms with E-state index in [1.807, 2.05) is 6.26 Å². The molecule has 0 unspecified atom stereocenters. The van der Waals surface area contributed by atoms with Crippen LogP contribution in [0, 0.1) is 15.9 Å². The normalized spacial score (nSPS) is 11.4. The lowest BCUT2D eigenvalue weighted by Gasteiger charge is -2.05. The van der Waals surface area contributed by atoms with Gasteiger partial charge in [-0.1, -0.05) is 0 Å². The second-order valence-electron chi connectivity index (χ2n) is 3.26. The van der Waals surface area contributed by atoms with E-state index in [1.54, 1.807) is 0 Å². The van der Waals surface area contributed by atoms with Gasteiger partial charge in [0.2, 0.25) is 15.8 Å². The van der Waals surface area contributed by atoms with Gasteiger partial charge < -0.3 is 0 Å². The quantitative estimate of drug-likeness (QED) is 0.486. The standard InChI is InChI=1S/C9H11FN2O4S2/c1-17-5-4-11-18(15,16)7-2-3-9(12(13)14)8(10)6-7/h2-3,6,11H,4-5H2,1H3. The highest BCUT2D eigenvalue weighted by atomic mass is 32.2. The van der Waals surface area contributed by atoms with Crippen LogP contribution in [0.1, 0.15) is 0 Å². The first kappa shape index (κ1) is 14.9. The summed E-state index contributed by atoms with van der Waals surface area (Å²) in [7, 11) is -3.82. The van der Waals surface area contributed by atoms with Crippen LogP contribution in [0.2, 0.25) is 0 Å². The van der Waals surface area contributed by atoms with Gasteiger partial charge in [0.1, 0.15) is 0 Å². The van der Waals surface area contributed by atoms with Crippen LogP contribution in [-0.4, -0.2) is 31.9 Å². The van der Waals surface area contributed by atoms with Crippen LogP contribution in [0.4, 0.5) is 10.1 Å². The van der Waals surface area contributed by atoms with E-state index < -0.39 is 26.5 Å². The van der Waals surface area contributed by atoms with Crippen molar-refractivity contribution in [3.8, 4) is 0 Å². The van der Waals surface area contributed by atoms with Gasteiger partial charge in [-0.25, -0.2) is 13.1 Å². The summed E-state index contributed by atoms with van der Waals surface area (Å²) < 4.78 is 38.9. The van der Waals surface area contributed by atoms with Gasteiger partial charge in [-0.05, 0) is 12.3 Å². The van der Waals surface area contributed by atoms with E-state index in [0.717, 1.165) is 12.1 Å². The molecule has 1 N–H and O–H groups in total. The molecule has 0 bridgehead atoms. The van der Waals surface area contributed by atoms with Crippen molar-refractivity contribution in [1.29, 1.82) is 0 Å². The zero-order valence-corrected chi connectivity index (χ0v) is 11.1. The Labute approximate surface area is 108 Å². The van der Waals surface area contributed by atoms with Crippen LogP contribution in [-0.2, 0) is 10.0 Å². The van der Waals surface area contributed by atoms with Crippen molar-refractivity contribution in [3.05, 3.63) is 34.1 Å². The van der Waals surface area contributed by atoms with Gasteiger partial charge in [0, 0.05) is 24.4 Å². The molecule has 100 valence electrons. The van der Waals surface area contributed by atoms with Gasteiger partial charge in [0.05, 0.1) is 9.82 Å². The number of hydrogen-bond donors (Lipinski definition) is 1. The topological polar surface area (TPSA) is 89.3 Å². The minimum absolute atomic E-state index is 0.210. The lowest BCUT2D eigenvalue weighted by Crippen LogP contribution is -2.26. The van der Waals surface area contributed by atoms with Gasteiger partial charge >= 0.3 is 5.69 Å². The molecule has 0 radical (unpaired) electrons. The van der Waals surface area contributed by atoms with E-state index in [1.165, 1.54) is 11.8 Å². The zero-order chi connectivity index (χ0) is 13.8. The molecular formula is C9H11FN2O4S2. The molecule has 0 atom stereocenters. The Morgan fingerprint density at radius 1 is 1.50 bits per heavy atom. The second-order valence-corrected chi connectivity index (χ2v) is 6.01. The second kappa shape index (κ2) is 6.12. The van der Waals surface area contributed by atoms with Crippen LogP contribution in [0.3, 0.4) is 0 Å². The molecule has 0 fully saturated rings. The third-order valence-electron chi connectivity index (χ3n) is 2.02. The number of nitrogens with one attached hydrogen (secondary N) is 1. The molecule has 1 aromatic carbocycles. The van der Waals surface area contributed by atoms with Crippen LogP contribution < -0.4 is 4.72 Å².